The summed E-state index contributed by atoms with van der Waals surface area (Å²) in [5.74, 6) is -0.0262. The topological polar surface area (TPSA) is 56.6 Å². The lowest BCUT2D eigenvalue weighted by molar-refractivity contribution is 0.00341. The molecule has 0 N–H and O–H groups in total. The van der Waals surface area contributed by atoms with E-state index in [2.05, 4.69) is 36.1 Å². The molecule has 174 valence electrons. The van der Waals surface area contributed by atoms with Gasteiger partial charge in [-0.2, -0.15) is 5.26 Å². The van der Waals surface area contributed by atoms with Gasteiger partial charge < -0.3 is 9.64 Å². The zero-order valence-electron chi connectivity index (χ0n) is 19.3. The van der Waals surface area contributed by atoms with Crippen LogP contribution in [0.1, 0.15) is 38.7 Å². The number of carbonyl (C=O) groups is 1. The first-order chi connectivity index (χ1) is 16.5. The molecule has 5 nitrogen and oxygen atoms in total. The van der Waals surface area contributed by atoms with Gasteiger partial charge in [0, 0.05) is 43.3 Å². The number of nitrogens with zero attached hydrogens (tertiary/aromatic N) is 3. The fraction of sp³-hybridized carbons (Fsp3) is 0.286. The zero-order chi connectivity index (χ0) is 23.9. The number of amides is 1. The van der Waals surface area contributed by atoms with Gasteiger partial charge in [-0.1, -0.05) is 59.6 Å². The Morgan fingerprint density at radius 2 is 1.76 bits per heavy atom. The standard InChI is InChI=1S/C28H28ClN3O2/c1-21-4-2-6-23(16-21)20-34-27(24-8-10-26(29)11-9-24)19-31-12-14-32(15-13-31)28(33)25-7-3-5-22(17-25)18-30/h2-11,16-17,27H,12-15,19-20H2,1H3/t27-/m1/s1. The Morgan fingerprint density at radius 3 is 2.47 bits per heavy atom. The van der Waals surface area contributed by atoms with Crippen LogP contribution in [0.4, 0.5) is 0 Å². The number of benzene rings is 3. The number of piperazine rings is 1. The van der Waals surface area contributed by atoms with E-state index in [0.29, 0.717) is 35.8 Å². The fourth-order valence-electron chi connectivity index (χ4n) is 4.20. The van der Waals surface area contributed by atoms with E-state index >= 15 is 0 Å². The van der Waals surface area contributed by atoms with Gasteiger partial charge in [-0.25, -0.2) is 0 Å². The number of hydrogen-bond donors (Lipinski definition) is 0. The molecule has 0 radical (unpaired) electrons. The molecule has 1 atom stereocenters. The molecule has 34 heavy (non-hydrogen) atoms. The molecule has 0 saturated carbocycles. The quantitative estimate of drug-likeness (QED) is 0.471. The molecule has 1 amide bonds. The first kappa shape index (κ1) is 24.0. The Bertz CT molecular complexity index is 1160. The van der Waals surface area contributed by atoms with Crippen molar-refractivity contribution in [2.45, 2.75) is 19.6 Å². The summed E-state index contributed by atoms with van der Waals surface area (Å²) < 4.78 is 6.39. The van der Waals surface area contributed by atoms with Crippen LogP contribution in [0.5, 0.6) is 0 Å². The van der Waals surface area contributed by atoms with E-state index in [1.807, 2.05) is 35.2 Å². The van der Waals surface area contributed by atoms with Gasteiger partial charge in [0.2, 0.25) is 0 Å². The number of aryl methyl sites for hydroxylation is 1. The van der Waals surface area contributed by atoms with Crippen LogP contribution in [-0.4, -0.2) is 48.4 Å². The number of ether oxygens (including phenoxy) is 1. The highest BCUT2D eigenvalue weighted by Gasteiger charge is 2.25. The highest BCUT2D eigenvalue weighted by atomic mass is 35.5. The lowest BCUT2D eigenvalue weighted by Gasteiger charge is -2.36. The van der Waals surface area contributed by atoms with Crippen LogP contribution >= 0.6 is 11.6 Å². The molecule has 1 aliphatic rings. The van der Waals surface area contributed by atoms with Crippen molar-refractivity contribution < 1.29 is 9.53 Å². The molecule has 3 aromatic carbocycles. The second-order valence-corrected chi connectivity index (χ2v) is 9.06. The van der Waals surface area contributed by atoms with Crippen molar-refractivity contribution in [1.82, 2.24) is 9.80 Å². The van der Waals surface area contributed by atoms with Crippen LogP contribution in [0.3, 0.4) is 0 Å². The minimum atomic E-state index is -0.104. The molecule has 0 aromatic heterocycles. The van der Waals surface area contributed by atoms with E-state index in [0.717, 1.165) is 30.8 Å². The Balaban J connectivity index is 1.39. The van der Waals surface area contributed by atoms with E-state index in [9.17, 15) is 4.79 Å². The summed E-state index contributed by atoms with van der Waals surface area (Å²) in [7, 11) is 0. The highest BCUT2D eigenvalue weighted by molar-refractivity contribution is 6.30. The Kier molecular flexibility index (Phi) is 7.97. The Morgan fingerprint density at radius 1 is 1.03 bits per heavy atom. The van der Waals surface area contributed by atoms with Crippen LogP contribution in [-0.2, 0) is 11.3 Å². The average molecular weight is 474 g/mol. The minimum Gasteiger partial charge on any atom is -0.368 e. The summed E-state index contributed by atoms with van der Waals surface area (Å²) in [6.07, 6.45) is -0.104. The van der Waals surface area contributed by atoms with Crippen LogP contribution in [0.25, 0.3) is 0 Å². The van der Waals surface area contributed by atoms with Crippen molar-refractivity contribution in [3.8, 4) is 6.07 Å². The van der Waals surface area contributed by atoms with E-state index in [1.165, 1.54) is 5.56 Å². The van der Waals surface area contributed by atoms with Gasteiger partial charge in [-0.15, -0.1) is 0 Å². The van der Waals surface area contributed by atoms with Crippen LogP contribution in [0.15, 0.2) is 72.8 Å². The molecule has 0 aliphatic carbocycles. The Labute approximate surface area is 206 Å². The van der Waals surface area contributed by atoms with Gasteiger partial charge in [0.25, 0.3) is 5.91 Å². The molecular weight excluding hydrogens is 446 g/mol. The van der Waals surface area contributed by atoms with Crippen LogP contribution < -0.4 is 0 Å². The molecule has 4 rings (SSSR count). The number of rotatable bonds is 7. The van der Waals surface area contributed by atoms with E-state index in [1.54, 1.807) is 24.3 Å². The van der Waals surface area contributed by atoms with Crippen molar-refractivity contribution in [3.63, 3.8) is 0 Å². The SMILES string of the molecule is Cc1cccc(CO[C@H](CN2CCN(C(=O)c3cccc(C#N)c3)CC2)c2ccc(Cl)cc2)c1. The summed E-state index contributed by atoms with van der Waals surface area (Å²) in [5.41, 5.74) is 4.51. The van der Waals surface area contributed by atoms with Gasteiger partial charge in [-0.3, -0.25) is 9.69 Å². The highest BCUT2D eigenvalue weighted by Crippen LogP contribution is 2.24. The molecule has 1 fully saturated rings. The monoisotopic (exact) mass is 473 g/mol. The third-order valence-corrected chi connectivity index (χ3v) is 6.35. The molecule has 1 aliphatic heterocycles. The lowest BCUT2D eigenvalue weighted by Crippen LogP contribution is -2.49. The number of hydrogen-bond acceptors (Lipinski definition) is 4. The maximum atomic E-state index is 12.9. The van der Waals surface area contributed by atoms with Gasteiger partial charge >= 0.3 is 0 Å². The normalized spacial score (nSPS) is 15.0. The molecule has 1 heterocycles. The molecule has 1 saturated heterocycles. The Hall–Kier alpha value is -3.17. The van der Waals surface area contributed by atoms with Crippen molar-refractivity contribution in [1.29, 1.82) is 5.26 Å². The van der Waals surface area contributed by atoms with E-state index in [-0.39, 0.29) is 12.0 Å². The smallest absolute Gasteiger partial charge is 0.253 e. The first-order valence-electron chi connectivity index (χ1n) is 11.5. The van der Waals surface area contributed by atoms with Gasteiger partial charge in [0.15, 0.2) is 0 Å². The van der Waals surface area contributed by atoms with Gasteiger partial charge in [0.05, 0.1) is 24.3 Å². The van der Waals surface area contributed by atoms with Crippen molar-refractivity contribution in [2.75, 3.05) is 32.7 Å². The van der Waals surface area contributed by atoms with Crippen LogP contribution in [0.2, 0.25) is 5.02 Å². The maximum Gasteiger partial charge on any atom is 0.253 e. The maximum absolute atomic E-state index is 12.9. The molecule has 0 bridgehead atoms. The minimum absolute atomic E-state index is 0.0262. The van der Waals surface area contributed by atoms with Crippen molar-refractivity contribution in [3.05, 3.63) is 106 Å². The molecule has 6 heteroatoms. The van der Waals surface area contributed by atoms with Gasteiger partial charge in [0.1, 0.15) is 0 Å². The summed E-state index contributed by atoms with van der Waals surface area (Å²) in [6.45, 7) is 6.16. The van der Waals surface area contributed by atoms with E-state index < -0.39 is 0 Å². The predicted octanol–water partition coefficient (Wildman–Crippen LogP) is 5.24. The fourth-order valence-corrected chi connectivity index (χ4v) is 4.33. The predicted molar refractivity (Wildman–Crippen MR) is 134 cm³/mol. The summed E-state index contributed by atoms with van der Waals surface area (Å²) in [4.78, 5) is 17.1. The molecular formula is C28H28ClN3O2. The number of nitriles is 1. The number of carbonyl (C=O) groups excluding carboxylic acids is 1. The lowest BCUT2D eigenvalue weighted by atomic mass is 10.1. The summed E-state index contributed by atoms with van der Waals surface area (Å²) in [6, 6.07) is 25.2. The molecule has 0 spiro atoms. The molecule has 0 unspecified atom stereocenters. The summed E-state index contributed by atoms with van der Waals surface area (Å²) in [5, 5.41) is 9.81. The second-order valence-electron chi connectivity index (χ2n) is 8.63. The van der Waals surface area contributed by atoms with Crippen LogP contribution in [0, 0.1) is 18.3 Å². The zero-order valence-corrected chi connectivity index (χ0v) is 20.0. The number of halogens is 1. The first-order valence-corrected chi connectivity index (χ1v) is 11.8. The molecule has 3 aromatic rings. The third-order valence-electron chi connectivity index (χ3n) is 6.10. The largest absolute Gasteiger partial charge is 0.368 e. The van der Waals surface area contributed by atoms with E-state index in [4.69, 9.17) is 21.6 Å². The average Bonchev–Trinajstić information content (AvgIpc) is 2.87. The second kappa shape index (κ2) is 11.3. The van der Waals surface area contributed by atoms with Crippen molar-refractivity contribution >= 4 is 17.5 Å². The van der Waals surface area contributed by atoms with Gasteiger partial charge in [-0.05, 0) is 48.4 Å². The third kappa shape index (κ3) is 6.24. The summed E-state index contributed by atoms with van der Waals surface area (Å²) >= 11 is 6.11. The van der Waals surface area contributed by atoms with Crippen molar-refractivity contribution in [2.24, 2.45) is 0 Å².